The van der Waals surface area contributed by atoms with Crippen LogP contribution in [0.3, 0.4) is 0 Å². The van der Waals surface area contributed by atoms with Gasteiger partial charge in [0.1, 0.15) is 0 Å². The molecule has 6 heteroatoms. The molecule has 1 amide bonds. The SMILES string of the molecule is Cc1nn(-c2ccccc2)cc1C(=O)NC1CCNC(C)C1.Cl. The molecule has 5 nitrogen and oxygen atoms in total. The first-order valence-corrected chi connectivity index (χ1v) is 7.79. The summed E-state index contributed by atoms with van der Waals surface area (Å²) in [6.45, 7) is 4.98. The van der Waals surface area contributed by atoms with Crippen LogP contribution in [0.4, 0.5) is 0 Å². The highest BCUT2D eigenvalue weighted by molar-refractivity contribution is 5.95. The molecule has 1 aliphatic rings. The molecule has 0 spiro atoms. The van der Waals surface area contributed by atoms with Crippen molar-refractivity contribution in [2.45, 2.75) is 38.8 Å². The molecule has 2 aromatic rings. The molecule has 124 valence electrons. The van der Waals surface area contributed by atoms with Crippen LogP contribution in [0.15, 0.2) is 36.5 Å². The van der Waals surface area contributed by atoms with Crippen molar-refractivity contribution in [3.63, 3.8) is 0 Å². The van der Waals surface area contributed by atoms with Crippen LogP contribution >= 0.6 is 12.4 Å². The van der Waals surface area contributed by atoms with Crippen LogP contribution in [0.1, 0.15) is 35.8 Å². The molecule has 23 heavy (non-hydrogen) atoms. The number of para-hydroxylation sites is 1. The Morgan fingerprint density at radius 2 is 2.09 bits per heavy atom. The molecule has 1 saturated heterocycles. The van der Waals surface area contributed by atoms with Crippen molar-refractivity contribution in [2.75, 3.05) is 6.54 Å². The van der Waals surface area contributed by atoms with Crippen molar-refractivity contribution in [3.8, 4) is 5.69 Å². The van der Waals surface area contributed by atoms with Crippen molar-refractivity contribution in [1.82, 2.24) is 20.4 Å². The number of nitrogens with zero attached hydrogens (tertiary/aromatic N) is 2. The Morgan fingerprint density at radius 3 is 2.78 bits per heavy atom. The summed E-state index contributed by atoms with van der Waals surface area (Å²) in [6.07, 6.45) is 3.75. The van der Waals surface area contributed by atoms with Crippen LogP contribution in [-0.2, 0) is 0 Å². The molecule has 2 atom stereocenters. The Morgan fingerprint density at radius 1 is 1.35 bits per heavy atom. The standard InChI is InChI=1S/C17H22N4O.ClH/c1-12-10-14(8-9-18-12)19-17(22)16-11-21(20-13(16)2)15-6-4-3-5-7-15;/h3-7,11-12,14,18H,8-10H2,1-2H3,(H,19,22);1H. The third-order valence-electron chi connectivity index (χ3n) is 4.12. The summed E-state index contributed by atoms with van der Waals surface area (Å²) >= 11 is 0. The predicted octanol–water partition coefficient (Wildman–Crippen LogP) is 2.47. The minimum absolute atomic E-state index is 0. The fourth-order valence-electron chi connectivity index (χ4n) is 2.92. The summed E-state index contributed by atoms with van der Waals surface area (Å²) in [7, 11) is 0. The van der Waals surface area contributed by atoms with Crippen LogP contribution in [0.25, 0.3) is 5.69 Å². The molecule has 0 bridgehead atoms. The van der Waals surface area contributed by atoms with E-state index in [9.17, 15) is 4.79 Å². The van der Waals surface area contributed by atoms with Crippen molar-refractivity contribution >= 4 is 18.3 Å². The average molecular weight is 335 g/mol. The van der Waals surface area contributed by atoms with E-state index in [2.05, 4.69) is 22.7 Å². The molecule has 1 fully saturated rings. The summed E-state index contributed by atoms with van der Waals surface area (Å²) in [4.78, 5) is 12.5. The molecule has 1 aromatic carbocycles. The number of carbonyl (C=O) groups is 1. The van der Waals surface area contributed by atoms with E-state index in [1.807, 2.05) is 43.5 Å². The minimum atomic E-state index is -0.0289. The van der Waals surface area contributed by atoms with Gasteiger partial charge in [-0.1, -0.05) is 18.2 Å². The topological polar surface area (TPSA) is 59.0 Å². The van der Waals surface area contributed by atoms with Gasteiger partial charge in [0.05, 0.1) is 16.9 Å². The van der Waals surface area contributed by atoms with Gasteiger partial charge in [-0.05, 0) is 45.4 Å². The first-order valence-electron chi connectivity index (χ1n) is 7.79. The molecular weight excluding hydrogens is 312 g/mol. The number of nitrogens with one attached hydrogen (secondary N) is 2. The maximum Gasteiger partial charge on any atom is 0.254 e. The molecule has 2 unspecified atom stereocenters. The molecule has 0 aliphatic carbocycles. The van der Waals surface area contributed by atoms with Crippen LogP contribution in [0, 0.1) is 6.92 Å². The lowest BCUT2D eigenvalue weighted by molar-refractivity contribution is 0.0925. The van der Waals surface area contributed by atoms with Gasteiger partial charge in [0.15, 0.2) is 0 Å². The predicted molar refractivity (Wildman–Crippen MR) is 93.5 cm³/mol. The zero-order chi connectivity index (χ0) is 15.5. The Balaban J connectivity index is 0.00000192. The quantitative estimate of drug-likeness (QED) is 0.906. The lowest BCUT2D eigenvalue weighted by Gasteiger charge is -2.28. The van der Waals surface area contributed by atoms with Crippen molar-refractivity contribution < 1.29 is 4.79 Å². The summed E-state index contributed by atoms with van der Waals surface area (Å²) in [6, 6.07) is 10.5. The van der Waals surface area contributed by atoms with Gasteiger partial charge in [0, 0.05) is 18.3 Å². The van der Waals surface area contributed by atoms with E-state index in [4.69, 9.17) is 0 Å². The second-order valence-electron chi connectivity index (χ2n) is 5.96. The third-order valence-corrected chi connectivity index (χ3v) is 4.12. The van der Waals surface area contributed by atoms with E-state index < -0.39 is 0 Å². The van der Waals surface area contributed by atoms with E-state index in [0.717, 1.165) is 30.8 Å². The van der Waals surface area contributed by atoms with Gasteiger partial charge >= 0.3 is 0 Å². The number of aromatic nitrogens is 2. The second kappa shape index (κ2) is 7.62. The van der Waals surface area contributed by atoms with Crippen molar-refractivity contribution in [1.29, 1.82) is 0 Å². The Kier molecular flexibility index (Phi) is 5.80. The fraction of sp³-hybridized carbons (Fsp3) is 0.412. The highest BCUT2D eigenvalue weighted by Crippen LogP contribution is 2.14. The maximum absolute atomic E-state index is 12.5. The van der Waals surface area contributed by atoms with Gasteiger partial charge in [-0.25, -0.2) is 4.68 Å². The number of amides is 1. The number of hydrogen-bond acceptors (Lipinski definition) is 3. The van der Waals surface area contributed by atoms with Gasteiger partial charge in [0.2, 0.25) is 0 Å². The third kappa shape index (κ3) is 4.12. The fourth-order valence-corrected chi connectivity index (χ4v) is 2.92. The molecule has 0 saturated carbocycles. The normalized spacial score (nSPS) is 20.6. The number of piperidine rings is 1. The highest BCUT2D eigenvalue weighted by atomic mass is 35.5. The van der Waals surface area contributed by atoms with Crippen LogP contribution in [0.5, 0.6) is 0 Å². The number of halogens is 1. The smallest absolute Gasteiger partial charge is 0.254 e. The summed E-state index contributed by atoms with van der Waals surface area (Å²) in [5, 5.41) is 11.0. The maximum atomic E-state index is 12.5. The number of hydrogen-bond donors (Lipinski definition) is 2. The molecule has 1 aliphatic heterocycles. The Labute approximate surface area is 142 Å². The molecule has 2 N–H and O–H groups in total. The minimum Gasteiger partial charge on any atom is -0.349 e. The molecule has 0 radical (unpaired) electrons. The van der Waals surface area contributed by atoms with Crippen LogP contribution in [-0.4, -0.2) is 34.3 Å². The van der Waals surface area contributed by atoms with E-state index in [0.29, 0.717) is 11.6 Å². The molecule has 3 rings (SSSR count). The number of carbonyl (C=O) groups excluding carboxylic acids is 1. The number of benzene rings is 1. The summed E-state index contributed by atoms with van der Waals surface area (Å²) in [5.74, 6) is -0.0289. The summed E-state index contributed by atoms with van der Waals surface area (Å²) < 4.78 is 1.76. The zero-order valence-electron chi connectivity index (χ0n) is 13.5. The lowest BCUT2D eigenvalue weighted by Crippen LogP contribution is -2.46. The van der Waals surface area contributed by atoms with Crippen LogP contribution in [0.2, 0.25) is 0 Å². The van der Waals surface area contributed by atoms with E-state index >= 15 is 0 Å². The monoisotopic (exact) mass is 334 g/mol. The number of aryl methyl sites for hydroxylation is 1. The number of rotatable bonds is 3. The lowest BCUT2D eigenvalue weighted by atomic mass is 10.0. The van der Waals surface area contributed by atoms with Gasteiger partial charge in [0.25, 0.3) is 5.91 Å². The van der Waals surface area contributed by atoms with Crippen molar-refractivity contribution in [2.24, 2.45) is 0 Å². The molecule has 2 heterocycles. The molecule has 1 aromatic heterocycles. The van der Waals surface area contributed by atoms with Gasteiger partial charge in [-0.3, -0.25) is 4.79 Å². The van der Waals surface area contributed by atoms with Crippen molar-refractivity contribution in [3.05, 3.63) is 47.8 Å². The first kappa shape index (κ1) is 17.5. The van der Waals surface area contributed by atoms with Gasteiger partial charge in [-0.15, -0.1) is 12.4 Å². The zero-order valence-corrected chi connectivity index (χ0v) is 14.3. The van der Waals surface area contributed by atoms with Crippen LogP contribution < -0.4 is 10.6 Å². The second-order valence-corrected chi connectivity index (χ2v) is 5.96. The molecular formula is C17H23ClN4O. The first-order chi connectivity index (χ1) is 10.6. The Bertz CT molecular complexity index is 656. The summed E-state index contributed by atoms with van der Waals surface area (Å²) in [5.41, 5.74) is 2.36. The van der Waals surface area contributed by atoms with E-state index in [-0.39, 0.29) is 24.4 Å². The highest BCUT2D eigenvalue weighted by Gasteiger charge is 2.22. The largest absolute Gasteiger partial charge is 0.349 e. The van der Waals surface area contributed by atoms with Gasteiger partial charge in [-0.2, -0.15) is 5.10 Å². The average Bonchev–Trinajstić information content (AvgIpc) is 2.90. The Hall–Kier alpha value is -1.85. The van der Waals surface area contributed by atoms with Gasteiger partial charge < -0.3 is 10.6 Å². The van der Waals surface area contributed by atoms with E-state index in [1.54, 1.807) is 4.68 Å². The van der Waals surface area contributed by atoms with E-state index in [1.165, 1.54) is 0 Å².